The van der Waals surface area contributed by atoms with Crippen molar-refractivity contribution >= 4 is 26.8 Å². The second kappa shape index (κ2) is 8.75. The molecule has 4 aromatic rings. The molecule has 0 aliphatic carbocycles. The van der Waals surface area contributed by atoms with E-state index in [1.54, 1.807) is 56.7 Å². The minimum Gasteiger partial charge on any atom is -0.462 e. The number of fused-ring (bicyclic) bond motifs is 1. The number of hydrogen-bond acceptors (Lipinski definition) is 8. The van der Waals surface area contributed by atoms with Gasteiger partial charge in [-0.1, -0.05) is 6.92 Å². The lowest BCUT2D eigenvalue weighted by atomic mass is 10.1. The van der Waals surface area contributed by atoms with E-state index in [0.29, 0.717) is 28.3 Å². The van der Waals surface area contributed by atoms with Gasteiger partial charge in [0.15, 0.2) is 15.7 Å². The van der Waals surface area contributed by atoms with Crippen molar-refractivity contribution in [2.24, 2.45) is 0 Å². The van der Waals surface area contributed by atoms with Crippen LogP contribution in [0.4, 0.5) is 0 Å². The summed E-state index contributed by atoms with van der Waals surface area (Å²) in [4.78, 5) is 28.7. The summed E-state index contributed by atoms with van der Waals surface area (Å²) in [6, 6.07) is 9.25. The lowest BCUT2D eigenvalue weighted by molar-refractivity contribution is 0.0523. The van der Waals surface area contributed by atoms with Gasteiger partial charge in [-0.2, -0.15) is 0 Å². The van der Waals surface area contributed by atoms with E-state index in [1.807, 2.05) is 0 Å². The van der Waals surface area contributed by atoms with E-state index in [-0.39, 0.29) is 28.6 Å². The Balaban J connectivity index is 1.74. The van der Waals surface area contributed by atoms with Gasteiger partial charge in [-0.25, -0.2) is 23.2 Å². The van der Waals surface area contributed by atoms with Crippen molar-refractivity contribution in [3.05, 3.63) is 60.6 Å². The van der Waals surface area contributed by atoms with Gasteiger partial charge >= 0.3 is 5.97 Å². The van der Waals surface area contributed by atoms with E-state index >= 15 is 0 Å². The number of imidazole rings is 1. The maximum atomic E-state index is 12.6. The molecular weight excluding hydrogens is 432 g/mol. The number of nitrogens with zero attached hydrogens (tertiary/aromatic N) is 3. The fourth-order valence-electron chi connectivity index (χ4n) is 3.04. The summed E-state index contributed by atoms with van der Waals surface area (Å²) in [7, 11) is -3.32. The van der Waals surface area contributed by atoms with Gasteiger partial charge in [0.2, 0.25) is 0 Å². The second-order valence-electron chi connectivity index (χ2n) is 6.74. The van der Waals surface area contributed by atoms with Crippen molar-refractivity contribution < 1.29 is 22.7 Å². The van der Waals surface area contributed by atoms with Crippen LogP contribution in [-0.2, 0) is 14.6 Å². The van der Waals surface area contributed by atoms with Crippen molar-refractivity contribution in [3.8, 4) is 23.0 Å². The first-order valence-electron chi connectivity index (χ1n) is 9.89. The summed E-state index contributed by atoms with van der Waals surface area (Å²) < 4.78 is 35.2. The fourth-order valence-corrected chi connectivity index (χ4v) is 3.93. The van der Waals surface area contributed by atoms with Gasteiger partial charge in [0, 0.05) is 18.5 Å². The van der Waals surface area contributed by atoms with E-state index in [1.165, 1.54) is 12.1 Å². The highest BCUT2D eigenvalue weighted by Crippen LogP contribution is 2.31. The zero-order chi connectivity index (χ0) is 22.7. The number of H-pyrrole nitrogens is 1. The van der Waals surface area contributed by atoms with E-state index in [9.17, 15) is 13.2 Å². The normalized spacial score (nSPS) is 11.4. The molecule has 0 aliphatic rings. The van der Waals surface area contributed by atoms with E-state index in [4.69, 9.17) is 9.47 Å². The lowest BCUT2D eigenvalue weighted by Crippen LogP contribution is -2.07. The average Bonchev–Trinajstić information content (AvgIpc) is 3.23. The van der Waals surface area contributed by atoms with Gasteiger partial charge in [0.1, 0.15) is 22.8 Å². The highest BCUT2D eigenvalue weighted by molar-refractivity contribution is 7.91. The molecule has 0 radical (unpaired) electrons. The van der Waals surface area contributed by atoms with Crippen molar-refractivity contribution in [1.82, 2.24) is 19.9 Å². The Morgan fingerprint density at radius 1 is 1.09 bits per heavy atom. The maximum absolute atomic E-state index is 12.6. The highest BCUT2D eigenvalue weighted by Gasteiger charge is 2.19. The predicted molar refractivity (Wildman–Crippen MR) is 117 cm³/mol. The van der Waals surface area contributed by atoms with Gasteiger partial charge in [-0.3, -0.25) is 4.98 Å². The quantitative estimate of drug-likeness (QED) is 0.420. The third-order valence-corrected chi connectivity index (χ3v) is 6.43. The molecule has 0 amide bonds. The Morgan fingerprint density at radius 3 is 2.53 bits per heavy atom. The maximum Gasteiger partial charge on any atom is 0.342 e. The topological polar surface area (TPSA) is 124 Å². The van der Waals surface area contributed by atoms with Crippen LogP contribution < -0.4 is 4.74 Å². The summed E-state index contributed by atoms with van der Waals surface area (Å²) in [6.07, 6.45) is 4.70. The standard InChI is InChI=1S/C22H20N4O5S/c1-3-30-22(27)16-11-17-18(26-21(25-17)19-13-23-9-10-24-19)12-20(16)31-14-5-7-15(8-6-14)32(28,29)4-2/h5-13H,3-4H2,1-2H3,(H,25,26). The van der Waals surface area contributed by atoms with Crippen LogP contribution in [0.25, 0.3) is 22.6 Å². The van der Waals surface area contributed by atoms with E-state index < -0.39 is 15.8 Å². The summed E-state index contributed by atoms with van der Waals surface area (Å²) in [5, 5.41) is 0. The van der Waals surface area contributed by atoms with E-state index in [0.717, 1.165) is 0 Å². The molecule has 32 heavy (non-hydrogen) atoms. The van der Waals surface area contributed by atoms with E-state index in [2.05, 4.69) is 19.9 Å². The molecule has 1 N–H and O–H groups in total. The van der Waals surface area contributed by atoms with Crippen LogP contribution in [-0.4, -0.2) is 46.7 Å². The molecule has 4 rings (SSSR count). The number of hydrogen-bond donors (Lipinski definition) is 1. The molecule has 0 fully saturated rings. The van der Waals surface area contributed by atoms with Crippen LogP contribution in [0, 0.1) is 0 Å². The van der Waals surface area contributed by atoms with Crippen LogP contribution in [0.2, 0.25) is 0 Å². The molecule has 0 aliphatic heterocycles. The molecule has 0 unspecified atom stereocenters. The summed E-state index contributed by atoms with van der Waals surface area (Å²) in [5.41, 5.74) is 1.91. The zero-order valence-electron chi connectivity index (χ0n) is 17.4. The Bertz CT molecular complexity index is 1370. The number of carbonyl (C=O) groups excluding carboxylic acids is 1. The van der Waals surface area contributed by atoms with Gasteiger partial charge in [-0.15, -0.1) is 0 Å². The lowest BCUT2D eigenvalue weighted by Gasteiger charge is -2.11. The van der Waals surface area contributed by atoms with Crippen LogP contribution in [0.1, 0.15) is 24.2 Å². The molecule has 2 aromatic carbocycles. The average molecular weight is 452 g/mol. The summed E-state index contributed by atoms with van der Waals surface area (Å²) in [5.74, 6) is 0.563. The van der Waals surface area contributed by atoms with Crippen molar-refractivity contribution in [3.63, 3.8) is 0 Å². The summed E-state index contributed by atoms with van der Waals surface area (Å²) >= 11 is 0. The van der Waals surface area contributed by atoms with Crippen molar-refractivity contribution in [1.29, 1.82) is 0 Å². The van der Waals surface area contributed by atoms with Gasteiger partial charge < -0.3 is 14.5 Å². The minimum atomic E-state index is -3.32. The molecule has 164 valence electrons. The number of aromatic nitrogens is 4. The molecule has 0 saturated heterocycles. The Labute approximate surface area is 184 Å². The smallest absolute Gasteiger partial charge is 0.342 e. The van der Waals surface area contributed by atoms with Crippen molar-refractivity contribution in [2.75, 3.05) is 12.4 Å². The largest absolute Gasteiger partial charge is 0.462 e. The van der Waals surface area contributed by atoms with Gasteiger partial charge in [0.25, 0.3) is 0 Å². The number of aromatic amines is 1. The number of nitrogens with one attached hydrogen (secondary N) is 1. The first-order valence-corrected chi connectivity index (χ1v) is 11.5. The molecule has 0 saturated carbocycles. The number of benzene rings is 2. The number of rotatable bonds is 7. The zero-order valence-corrected chi connectivity index (χ0v) is 18.2. The van der Waals surface area contributed by atoms with Crippen molar-refractivity contribution in [2.45, 2.75) is 18.7 Å². The third kappa shape index (κ3) is 4.30. The van der Waals surface area contributed by atoms with Crippen LogP contribution in [0.3, 0.4) is 0 Å². The Kier molecular flexibility index (Phi) is 5.87. The fraction of sp³-hybridized carbons (Fsp3) is 0.182. The Hall–Kier alpha value is -3.79. The molecule has 2 heterocycles. The monoisotopic (exact) mass is 452 g/mol. The predicted octanol–water partition coefficient (Wildman–Crippen LogP) is 3.78. The Morgan fingerprint density at radius 2 is 1.88 bits per heavy atom. The van der Waals surface area contributed by atoms with Gasteiger partial charge in [0.05, 0.1) is 34.5 Å². The SMILES string of the molecule is CCOC(=O)c1cc2nc(-c3cnccn3)[nH]c2cc1Oc1ccc(S(=O)(=O)CC)cc1. The number of esters is 1. The molecule has 0 bridgehead atoms. The number of ether oxygens (including phenoxy) is 2. The molecule has 9 nitrogen and oxygen atoms in total. The molecular formula is C22H20N4O5S. The van der Waals surface area contributed by atoms with Crippen LogP contribution in [0.5, 0.6) is 11.5 Å². The number of sulfone groups is 1. The van der Waals surface area contributed by atoms with Crippen LogP contribution >= 0.6 is 0 Å². The molecule has 0 atom stereocenters. The second-order valence-corrected chi connectivity index (χ2v) is 9.02. The number of carbonyl (C=O) groups is 1. The third-order valence-electron chi connectivity index (χ3n) is 4.68. The first-order chi connectivity index (χ1) is 15.4. The minimum absolute atomic E-state index is 0.00479. The van der Waals surface area contributed by atoms with Crippen LogP contribution in [0.15, 0.2) is 59.9 Å². The first kappa shape index (κ1) is 21.4. The summed E-state index contributed by atoms with van der Waals surface area (Å²) in [6.45, 7) is 3.50. The molecule has 2 aromatic heterocycles. The van der Waals surface area contributed by atoms with Gasteiger partial charge in [-0.05, 0) is 37.3 Å². The molecule has 10 heteroatoms. The highest BCUT2D eigenvalue weighted by atomic mass is 32.2. The molecule has 0 spiro atoms.